The average Bonchev–Trinajstić information content (AvgIpc) is 2.85. The molecule has 1 aromatic heterocycles. The zero-order valence-corrected chi connectivity index (χ0v) is 10.8. The second-order valence-corrected chi connectivity index (χ2v) is 4.67. The summed E-state index contributed by atoms with van der Waals surface area (Å²) >= 11 is 1.41. The van der Waals surface area contributed by atoms with Gasteiger partial charge in [-0.05, 0) is 13.0 Å². The molecule has 0 fully saturated rings. The standard InChI is InChI=1S/C12H11F2N3OS/c1-6(11-4-19-5-16-11)17-10-2-7(12(15)18)8(13)3-9(10)14/h2-6,17H,1H3,(H2,15,18). The molecule has 100 valence electrons. The Balaban J connectivity index is 2.30. The Morgan fingerprint density at radius 3 is 2.74 bits per heavy atom. The number of halogens is 2. The van der Waals surface area contributed by atoms with Gasteiger partial charge in [0, 0.05) is 11.4 Å². The highest BCUT2D eigenvalue weighted by Gasteiger charge is 2.16. The summed E-state index contributed by atoms with van der Waals surface area (Å²) < 4.78 is 26.9. The van der Waals surface area contributed by atoms with Gasteiger partial charge in [0.05, 0.1) is 28.5 Å². The van der Waals surface area contributed by atoms with Crippen LogP contribution < -0.4 is 11.1 Å². The third-order valence-electron chi connectivity index (χ3n) is 2.59. The van der Waals surface area contributed by atoms with Crippen LogP contribution in [0.2, 0.25) is 0 Å². The Hall–Kier alpha value is -2.02. The second-order valence-electron chi connectivity index (χ2n) is 3.96. The van der Waals surface area contributed by atoms with Gasteiger partial charge in [0.25, 0.3) is 5.91 Å². The molecule has 1 amide bonds. The lowest BCUT2D eigenvalue weighted by atomic mass is 10.1. The molecule has 0 saturated carbocycles. The van der Waals surface area contributed by atoms with Crippen LogP contribution >= 0.6 is 11.3 Å². The Labute approximate surface area is 112 Å². The highest BCUT2D eigenvalue weighted by molar-refractivity contribution is 7.07. The van der Waals surface area contributed by atoms with Crippen LogP contribution in [0.1, 0.15) is 29.0 Å². The van der Waals surface area contributed by atoms with Gasteiger partial charge < -0.3 is 11.1 Å². The van der Waals surface area contributed by atoms with Gasteiger partial charge >= 0.3 is 0 Å². The number of hydrogen-bond donors (Lipinski definition) is 2. The molecule has 0 saturated heterocycles. The van der Waals surface area contributed by atoms with E-state index in [0.29, 0.717) is 6.07 Å². The minimum atomic E-state index is -0.975. The lowest BCUT2D eigenvalue weighted by molar-refractivity contribution is 0.0996. The molecule has 1 atom stereocenters. The van der Waals surface area contributed by atoms with Crippen molar-refractivity contribution in [2.45, 2.75) is 13.0 Å². The number of rotatable bonds is 4. The van der Waals surface area contributed by atoms with Gasteiger partial charge in [0.2, 0.25) is 0 Å². The molecule has 0 spiro atoms. The fourth-order valence-electron chi connectivity index (χ4n) is 1.59. The lowest BCUT2D eigenvalue weighted by Crippen LogP contribution is -2.15. The topological polar surface area (TPSA) is 68.0 Å². The van der Waals surface area contributed by atoms with Gasteiger partial charge in [-0.1, -0.05) is 0 Å². The first-order chi connectivity index (χ1) is 8.99. The van der Waals surface area contributed by atoms with E-state index in [9.17, 15) is 13.6 Å². The Kier molecular flexibility index (Phi) is 3.75. The molecule has 0 bridgehead atoms. The summed E-state index contributed by atoms with van der Waals surface area (Å²) in [6.07, 6.45) is 0. The van der Waals surface area contributed by atoms with Crippen LogP contribution in [0.3, 0.4) is 0 Å². The van der Waals surface area contributed by atoms with E-state index in [-0.39, 0.29) is 17.3 Å². The summed E-state index contributed by atoms with van der Waals surface area (Å²) in [4.78, 5) is 15.1. The monoisotopic (exact) mass is 283 g/mol. The fourth-order valence-corrected chi connectivity index (χ4v) is 2.24. The molecule has 0 aliphatic rings. The lowest BCUT2D eigenvalue weighted by Gasteiger charge is -2.14. The molecule has 19 heavy (non-hydrogen) atoms. The molecular formula is C12H11F2N3OS. The number of nitrogens with two attached hydrogens (primary N) is 1. The van der Waals surface area contributed by atoms with E-state index >= 15 is 0 Å². The quantitative estimate of drug-likeness (QED) is 0.906. The third kappa shape index (κ3) is 2.87. The van der Waals surface area contributed by atoms with Crippen LogP contribution in [0.4, 0.5) is 14.5 Å². The van der Waals surface area contributed by atoms with Crippen molar-refractivity contribution in [1.29, 1.82) is 0 Å². The maximum Gasteiger partial charge on any atom is 0.251 e. The Morgan fingerprint density at radius 2 is 2.16 bits per heavy atom. The predicted molar refractivity (Wildman–Crippen MR) is 69.0 cm³/mol. The minimum absolute atomic E-state index is 0.00991. The van der Waals surface area contributed by atoms with E-state index in [1.807, 2.05) is 5.38 Å². The SMILES string of the molecule is CC(Nc1cc(C(N)=O)c(F)cc1F)c1cscn1. The van der Waals surface area contributed by atoms with Gasteiger partial charge in [0.1, 0.15) is 11.6 Å². The van der Waals surface area contributed by atoms with E-state index in [0.717, 1.165) is 11.8 Å². The van der Waals surface area contributed by atoms with Crippen LogP contribution in [0.5, 0.6) is 0 Å². The molecule has 0 aliphatic heterocycles. The summed E-state index contributed by atoms with van der Waals surface area (Å²) in [6.45, 7) is 1.78. The van der Waals surface area contributed by atoms with Gasteiger partial charge in [-0.25, -0.2) is 13.8 Å². The number of nitrogens with zero attached hydrogens (tertiary/aromatic N) is 1. The number of aromatic nitrogens is 1. The molecule has 2 aromatic rings. The molecule has 4 nitrogen and oxygen atoms in total. The number of nitrogens with one attached hydrogen (secondary N) is 1. The van der Waals surface area contributed by atoms with Crippen molar-refractivity contribution in [1.82, 2.24) is 4.98 Å². The van der Waals surface area contributed by atoms with Crippen LogP contribution in [0.15, 0.2) is 23.0 Å². The molecule has 0 radical (unpaired) electrons. The third-order valence-corrected chi connectivity index (χ3v) is 3.19. The van der Waals surface area contributed by atoms with Crippen LogP contribution in [0, 0.1) is 11.6 Å². The molecule has 1 unspecified atom stereocenters. The van der Waals surface area contributed by atoms with Crippen molar-refractivity contribution < 1.29 is 13.6 Å². The van der Waals surface area contributed by atoms with E-state index in [4.69, 9.17) is 5.73 Å². The van der Waals surface area contributed by atoms with E-state index < -0.39 is 17.5 Å². The molecule has 2 rings (SSSR count). The van der Waals surface area contributed by atoms with E-state index in [2.05, 4.69) is 10.3 Å². The summed E-state index contributed by atoms with van der Waals surface area (Å²) in [5.74, 6) is -2.71. The molecule has 0 aliphatic carbocycles. The minimum Gasteiger partial charge on any atom is -0.375 e. The molecule has 1 aromatic carbocycles. The van der Waals surface area contributed by atoms with Crippen molar-refractivity contribution in [2.75, 3.05) is 5.32 Å². The number of carbonyl (C=O) groups excluding carboxylic acids is 1. The summed E-state index contributed by atoms with van der Waals surface area (Å²) in [7, 11) is 0. The zero-order chi connectivity index (χ0) is 14.0. The van der Waals surface area contributed by atoms with Gasteiger partial charge in [0.15, 0.2) is 0 Å². The molecule has 7 heteroatoms. The smallest absolute Gasteiger partial charge is 0.251 e. The van der Waals surface area contributed by atoms with Crippen LogP contribution in [-0.2, 0) is 0 Å². The molecular weight excluding hydrogens is 272 g/mol. The van der Waals surface area contributed by atoms with Gasteiger partial charge in [-0.2, -0.15) is 0 Å². The average molecular weight is 283 g/mol. The fraction of sp³-hybridized carbons (Fsp3) is 0.167. The first-order valence-corrected chi connectivity index (χ1v) is 6.36. The van der Waals surface area contributed by atoms with Crippen LogP contribution in [0.25, 0.3) is 0 Å². The molecule has 1 heterocycles. The number of benzene rings is 1. The number of amides is 1. The first-order valence-electron chi connectivity index (χ1n) is 5.42. The van der Waals surface area contributed by atoms with Crippen molar-refractivity contribution in [3.63, 3.8) is 0 Å². The first kappa shape index (κ1) is 13.4. The highest BCUT2D eigenvalue weighted by Crippen LogP contribution is 2.24. The Morgan fingerprint density at radius 1 is 1.42 bits per heavy atom. The van der Waals surface area contributed by atoms with Gasteiger partial charge in [-0.15, -0.1) is 11.3 Å². The number of hydrogen-bond acceptors (Lipinski definition) is 4. The van der Waals surface area contributed by atoms with Crippen molar-refractivity contribution in [2.24, 2.45) is 5.73 Å². The largest absolute Gasteiger partial charge is 0.375 e. The summed E-state index contributed by atoms with van der Waals surface area (Å²) in [5, 5.41) is 4.64. The second kappa shape index (κ2) is 5.31. The predicted octanol–water partition coefficient (Wildman–Crippen LogP) is 2.69. The van der Waals surface area contributed by atoms with E-state index in [1.165, 1.54) is 11.3 Å². The maximum absolute atomic E-state index is 13.6. The number of anilines is 1. The van der Waals surface area contributed by atoms with Crippen LogP contribution in [-0.4, -0.2) is 10.9 Å². The van der Waals surface area contributed by atoms with Crippen molar-refractivity contribution in [3.05, 3.63) is 45.9 Å². The Bertz CT molecular complexity index is 601. The van der Waals surface area contributed by atoms with Crippen molar-refractivity contribution in [3.8, 4) is 0 Å². The number of primary amides is 1. The number of thiazole rings is 1. The summed E-state index contributed by atoms with van der Waals surface area (Å²) in [5.41, 5.74) is 7.06. The highest BCUT2D eigenvalue weighted by atomic mass is 32.1. The zero-order valence-electron chi connectivity index (χ0n) is 9.98. The van der Waals surface area contributed by atoms with Gasteiger partial charge in [-0.3, -0.25) is 4.79 Å². The summed E-state index contributed by atoms with van der Waals surface area (Å²) in [6, 6.07) is 1.43. The molecule has 3 N–H and O–H groups in total. The number of carbonyl (C=O) groups is 1. The normalized spacial score (nSPS) is 12.2. The maximum atomic E-state index is 13.6. The van der Waals surface area contributed by atoms with E-state index in [1.54, 1.807) is 12.4 Å². The van der Waals surface area contributed by atoms with Crippen molar-refractivity contribution >= 4 is 22.9 Å².